The topological polar surface area (TPSA) is 144 Å². The number of benzene rings is 1. The van der Waals surface area contributed by atoms with Gasteiger partial charge >= 0.3 is 5.69 Å². The number of hydrogen-bond donors (Lipinski definition) is 1. The molecule has 0 saturated carbocycles. The van der Waals surface area contributed by atoms with Crippen molar-refractivity contribution in [2.45, 2.75) is 51.2 Å². The maximum absolute atomic E-state index is 14.1. The first-order chi connectivity index (χ1) is 19.2. The molecular formula is C28H34N8O3S. The van der Waals surface area contributed by atoms with Crippen molar-refractivity contribution in [1.29, 1.82) is 5.26 Å². The Labute approximate surface area is 234 Å². The van der Waals surface area contributed by atoms with E-state index in [0.717, 1.165) is 43.2 Å². The molecule has 5 rings (SSSR count). The highest BCUT2D eigenvalue weighted by atomic mass is 32.2. The molecule has 2 N–H and O–H groups in total. The summed E-state index contributed by atoms with van der Waals surface area (Å²) in [7, 11) is 0.345. The highest BCUT2D eigenvalue weighted by Gasteiger charge is 2.27. The maximum atomic E-state index is 14.1. The normalized spacial score (nSPS) is 18.6. The second-order valence-electron chi connectivity index (χ2n) is 10.6. The quantitative estimate of drug-likeness (QED) is 0.326. The molecule has 2 aliphatic rings. The summed E-state index contributed by atoms with van der Waals surface area (Å²) >= 11 is 0. The van der Waals surface area contributed by atoms with Gasteiger partial charge in [-0.2, -0.15) is 10.2 Å². The zero-order valence-corrected chi connectivity index (χ0v) is 23.7. The van der Waals surface area contributed by atoms with E-state index in [1.54, 1.807) is 37.6 Å². The first-order valence-corrected chi connectivity index (χ1v) is 15.2. The molecule has 1 fully saturated rings. The van der Waals surface area contributed by atoms with Crippen molar-refractivity contribution in [2.24, 2.45) is 17.8 Å². The van der Waals surface area contributed by atoms with Crippen LogP contribution in [-0.4, -0.2) is 59.7 Å². The van der Waals surface area contributed by atoms with Crippen LogP contribution < -0.4 is 21.9 Å². The third-order valence-electron chi connectivity index (χ3n) is 7.42. The van der Waals surface area contributed by atoms with E-state index in [0.29, 0.717) is 47.2 Å². The summed E-state index contributed by atoms with van der Waals surface area (Å²) in [4.78, 5) is 39.2. The fourth-order valence-electron chi connectivity index (χ4n) is 5.52. The number of hydrogen-bond acceptors (Lipinski definition) is 8. The first-order valence-electron chi connectivity index (χ1n) is 13.5. The van der Waals surface area contributed by atoms with Gasteiger partial charge in [0.25, 0.3) is 5.56 Å². The number of nitrogens with zero attached hydrogens (tertiary/aromatic N) is 7. The van der Waals surface area contributed by atoms with Crippen LogP contribution >= 0.6 is 0 Å². The molecule has 11 nitrogen and oxygen atoms in total. The van der Waals surface area contributed by atoms with E-state index in [-0.39, 0.29) is 18.3 Å². The van der Waals surface area contributed by atoms with Crippen molar-refractivity contribution in [3.05, 3.63) is 62.3 Å². The Morgan fingerprint density at radius 3 is 2.80 bits per heavy atom. The zero-order chi connectivity index (χ0) is 28.4. The van der Waals surface area contributed by atoms with Gasteiger partial charge in [-0.3, -0.25) is 23.1 Å². The molecular weight excluding hydrogens is 528 g/mol. The number of aryl methyl sites for hydroxylation is 1. The van der Waals surface area contributed by atoms with Gasteiger partial charge in [0.2, 0.25) is 5.95 Å². The van der Waals surface area contributed by atoms with Crippen LogP contribution in [0.1, 0.15) is 37.7 Å². The van der Waals surface area contributed by atoms with Crippen LogP contribution in [0.5, 0.6) is 0 Å². The second kappa shape index (κ2) is 11.7. The third kappa shape index (κ3) is 5.71. The van der Waals surface area contributed by atoms with E-state index in [1.165, 1.54) is 10.1 Å². The van der Waals surface area contributed by atoms with Gasteiger partial charge in [-0.25, -0.2) is 4.79 Å². The SMILES string of the molecule is Cn1c(=O)n(CC(CS(C)=O)=Nc2cccc(C#N)c2)c(=O)c2c1nc(N1CCCC(N)C1)n2CC1=CCCC1. The average Bonchev–Trinajstić information content (AvgIpc) is 3.58. The van der Waals surface area contributed by atoms with Crippen LogP contribution in [0.4, 0.5) is 11.6 Å². The van der Waals surface area contributed by atoms with Gasteiger partial charge in [-0.15, -0.1) is 0 Å². The largest absolute Gasteiger partial charge is 0.341 e. The lowest BCUT2D eigenvalue weighted by molar-refractivity contribution is 0.495. The molecule has 1 aromatic carbocycles. The summed E-state index contributed by atoms with van der Waals surface area (Å²) in [5, 5.41) is 9.26. The average molecular weight is 563 g/mol. The summed E-state index contributed by atoms with van der Waals surface area (Å²) in [6.07, 6.45) is 8.67. The molecule has 0 spiro atoms. The summed E-state index contributed by atoms with van der Waals surface area (Å²) in [6, 6.07) is 8.81. The van der Waals surface area contributed by atoms with E-state index < -0.39 is 22.0 Å². The number of aromatic nitrogens is 4. The predicted octanol–water partition coefficient (Wildman–Crippen LogP) is 1.96. The third-order valence-corrected chi connectivity index (χ3v) is 8.16. The van der Waals surface area contributed by atoms with Crippen molar-refractivity contribution in [3.8, 4) is 6.07 Å². The molecule has 2 atom stereocenters. The van der Waals surface area contributed by atoms with Crippen molar-refractivity contribution in [1.82, 2.24) is 18.7 Å². The minimum Gasteiger partial charge on any atom is -0.341 e. The lowest BCUT2D eigenvalue weighted by Crippen LogP contribution is -2.44. The van der Waals surface area contributed by atoms with E-state index in [4.69, 9.17) is 10.7 Å². The van der Waals surface area contributed by atoms with Gasteiger partial charge in [-0.05, 0) is 50.3 Å². The highest BCUT2D eigenvalue weighted by Crippen LogP contribution is 2.27. The highest BCUT2D eigenvalue weighted by molar-refractivity contribution is 7.85. The van der Waals surface area contributed by atoms with Crippen LogP contribution in [0.3, 0.4) is 0 Å². The lowest BCUT2D eigenvalue weighted by atomic mass is 10.1. The first kappa shape index (κ1) is 27.7. The lowest BCUT2D eigenvalue weighted by Gasteiger charge is -2.32. The number of aliphatic imine (C=N–C) groups is 1. The Morgan fingerprint density at radius 1 is 1.27 bits per heavy atom. The molecule has 0 radical (unpaired) electrons. The molecule has 12 heteroatoms. The zero-order valence-electron chi connectivity index (χ0n) is 22.9. The molecule has 1 aliphatic heterocycles. The molecule has 2 aromatic heterocycles. The Hall–Kier alpha value is -3.82. The predicted molar refractivity (Wildman–Crippen MR) is 158 cm³/mol. The number of rotatable bonds is 8. The number of nitrogens with two attached hydrogens (primary N) is 1. The monoisotopic (exact) mass is 562 g/mol. The molecule has 0 bridgehead atoms. The smallest absolute Gasteiger partial charge is 0.332 e. The molecule has 3 heterocycles. The van der Waals surface area contributed by atoms with Gasteiger partial charge < -0.3 is 15.2 Å². The minimum atomic E-state index is -1.27. The summed E-state index contributed by atoms with van der Waals surface area (Å²) in [5.74, 6) is 0.729. The Bertz CT molecular complexity index is 1690. The Balaban J connectivity index is 1.66. The van der Waals surface area contributed by atoms with Crippen LogP contribution in [0.15, 0.2) is 50.5 Å². The molecule has 40 heavy (non-hydrogen) atoms. The van der Waals surface area contributed by atoms with E-state index in [2.05, 4.69) is 22.0 Å². The standard InChI is InChI=1S/C28H34N8O3S/c1-33-25-24(35(15-19-7-3-4-8-19)27(32-25)34-12-6-10-21(30)16-34)26(37)36(28(33)38)17-23(18-40(2)39)31-22-11-5-9-20(13-22)14-29/h5,7,9,11,13,21H,3-4,6,8,10,12,15-18,30H2,1-2H3. The van der Waals surface area contributed by atoms with Crippen LogP contribution in [0, 0.1) is 11.3 Å². The Kier molecular flexibility index (Phi) is 8.14. The van der Waals surface area contributed by atoms with Crippen molar-refractivity contribution in [3.63, 3.8) is 0 Å². The van der Waals surface area contributed by atoms with Crippen LogP contribution in [0.2, 0.25) is 0 Å². The summed E-state index contributed by atoms with van der Waals surface area (Å²) < 4.78 is 16.7. The molecule has 1 saturated heterocycles. The van der Waals surface area contributed by atoms with Gasteiger partial charge in [0, 0.05) is 49.8 Å². The fraction of sp³-hybridized carbons (Fsp3) is 0.464. The van der Waals surface area contributed by atoms with Crippen molar-refractivity contribution >= 4 is 39.3 Å². The molecule has 2 unspecified atom stereocenters. The minimum absolute atomic E-state index is 0.0152. The summed E-state index contributed by atoms with van der Waals surface area (Å²) in [5.41, 5.74) is 8.56. The van der Waals surface area contributed by atoms with Gasteiger partial charge in [-0.1, -0.05) is 17.7 Å². The number of nitriles is 1. The maximum Gasteiger partial charge on any atom is 0.332 e. The Morgan fingerprint density at radius 2 is 2.10 bits per heavy atom. The van der Waals surface area contributed by atoms with Crippen molar-refractivity contribution in [2.75, 3.05) is 30.0 Å². The van der Waals surface area contributed by atoms with Gasteiger partial charge in [0.05, 0.1) is 35.3 Å². The summed E-state index contributed by atoms with van der Waals surface area (Å²) in [6.45, 7) is 1.80. The molecule has 3 aromatic rings. The van der Waals surface area contributed by atoms with Gasteiger partial charge in [0.15, 0.2) is 11.2 Å². The second-order valence-corrected chi connectivity index (χ2v) is 12.0. The number of fused-ring (bicyclic) bond motifs is 1. The van der Waals surface area contributed by atoms with Crippen molar-refractivity contribution < 1.29 is 4.21 Å². The number of anilines is 1. The van der Waals surface area contributed by atoms with Crippen LogP contribution in [0.25, 0.3) is 11.2 Å². The van der Waals surface area contributed by atoms with Gasteiger partial charge in [0.1, 0.15) is 0 Å². The van der Waals surface area contributed by atoms with E-state index >= 15 is 0 Å². The van der Waals surface area contributed by atoms with E-state index in [9.17, 15) is 19.1 Å². The fourth-order valence-corrected chi connectivity index (χ4v) is 6.15. The van der Waals surface area contributed by atoms with Crippen LogP contribution in [-0.2, 0) is 30.9 Å². The molecule has 1 aliphatic carbocycles. The number of piperidine rings is 1. The molecule has 210 valence electrons. The van der Waals surface area contributed by atoms with E-state index in [1.807, 2.05) is 4.57 Å². The number of imidazole rings is 1. The number of allylic oxidation sites excluding steroid dienone is 2. The molecule has 0 amide bonds.